The number of hydrogen-bond donors (Lipinski definition) is 1. The van der Waals surface area contributed by atoms with Gasteiger partial charge in [-0.1, -0.05) is 18.7 Å². The second kappa shape index (κ2) is 4.80. The predicted octanol–water partition coefficient (Wildman–Crippen LogP) is 2.47. The summed E-state index contributed by atoms with van der Waals surface area (Å²) >= 11 is 3.11. The number of anilines is 1. The highest BCUT2D eigenvalue weighted by Gasteiger charge is 2.11. The summed E-state index contributed by atoms with van der Waals surface area (Å²) in [6, 6.07) is 2.10. The Labute approximate surface area is 102 Å². The van der Waals surface area contributed by atoms with E-state index in [0.717, 1.165) is 11.3 Å². The van der Waals surface area contributed by atoms with Gasteiger partial charge < -0.3 is 5.73 Å². The zero-order valence-electron chi connectivity index (χ0n) is 9.10. The Kier molecular flexibility index (Phi) is 3.40. The fourth-order valence-corrected chi connectivity index (χ4v) is 2.67. The number of nitrogen functional groups attached to an aromatic ring is 1. The van der Waals surface area contributed by atoms with Crippen LogP contribution in [0.1, 0.15) is 12.5 Å². The zero-order chi connectivity index (χ0) is 11.5. The highest BCUT2D eigenvalue weighted by Crippen LogP contribution is 2.28. The molecule has 2 N–H and O–H groups in total. The van der Waals surface area contributed by atoms with Crippen LogP contribution in [-0.4, -0.2) is 21.2 Å². The molecule has 0 spiro atoms. The third kappa shape index (κ3) is 2.17. The van der Waals surface area contributed by atoms with Gasteiger partial charge in [0, 0.05) is 0 Å². The van der Waals surface area contributed by atoms with E-state index in [0.29, 0.717) is 11.0 Å². The number of aromatic nitrogens is 3. The molecule has 0 bridgehead atoms. The maximum atomic E-state index is 5.66. The van der Waals surface area contributed by atoms with Crippen LogP contribution in [0.3, 0.4) is 0 Å². The first-order valence-electron chi connectivity index (χ1n) is 4.87. The van der Waals surface area contributed by atoms with Crippen LogP contribution in [0.2, 0.25) is 0 Å². The van der Waals surface area contributed by atoms with Crippen LogP contribution >= 0.6 is 23.1 Å². The molecule has 2 aromatic rings. The molecule has 0 amide bonds. The van der Waals surface area contributed by atoms with Crippen molar-refractivity contribution in [1.29, 1.82) is 0 Å². The van der Waals surface area contributed by atoms with Gasteiger partial charge in [0.2, 0.25) is 5.95 Å². The average molecular weight is 252 g/mol. The van der Waals surface area contributed by atoms with E-state index < -0.39 is 0 Å². The van der Waals surface area contributed by atoms with Gasteiger partial charge >= 0.3 is 0 Å². The second-order valence-corrected chi connectivity index (χ2v) is 4.82. The first-order chi connectivity index (χ1) is 7.74. The predicted molar refractivity (Wildman–Crippen MR) is 68.7 cm³/mol. The zero-order valence-corrected chi connectivity index (χ0v) is 10.7. The quantitative estimate of drug-likeness (QED) is 0.850. The average Bonchev–Trinajstić information content (AvgIpc) is 2.76. The van der Waals surface area contributed by atoms with Crippen molar-refractivity contribution in [3.05, 3.63) is 17.0 Å². The normalized spacial score (nSPS) is 10.6. The standard InChI is InChI=1S/C10H12N4S2/c1-3-6-4-5-16-7(6)8-12-9(11)14-10(13-8)15-2/h4-5H,3H2,1-2H3,(H2,11,12,13,14). The van der Waals surface area contributed by atoms with Crippen molar-refractivity contribution in [3.63, 3.8) is 0 Å². The van der Waals surface area contributed by atoms with Crippen molar-refractivity contribution in [2.45, 2.75) is 18.5 Å². The Morgan fingerprint density at radius 1 is 1.38 bits per heavy atom. The van der Waals surface area contributed by atoms with Crippen LogP contribution < -0.4 is 5.73 Å². The molecule has 2 aromatic heterocycles. The van der Waals surface area contributed by atoms with Crippen molar-refractivity contribution in [2.24, 2.45) is 0 Å². The topological polar surface area (TPSA) is 64.7 Å². The SMILES string of the molecule is CCc1ccsc1-c1nc(N)nc(SC)n1. The van der Waals surface area contributed by atoms with Gasteiger partial charge in [0.1, 0.15) is 0 Å². The smallest absolute Gasteiger partial charge is 0.224 e. The van der Waals surface area contributed by atoms with Crippen LogP contribution in [0.25, 0.3) is 10.7 Å². The van der Waals surface area contributed by atoms with E-state index in [9.17, 15) is 0 Å². The van der Waals surface area contributed by atoms with Gasteiger partial charge in [0.25, 0.3) is 0 Å². The highest BCUT2D eigenvalue weighted by molar-refractivity contribution is 7.98. The Hall–Kier alpha value is -1.14. The van der Waals surface area contributed by atoms with Crippen LogP contribution in [-0.2, 0) is 6.42 Å². The molecule has 0 atom stereocenters. The van der Waals surface area contributed by atoms with E-state index in [2.05, 4.69) is 27.9 Å². The van der Waals surface area contributed by atoms with Crippen LogP contribution in [0.15, 0.2) is 16.6 Å². The lowest BCUT2D eigenvalue weighted by molar-refractivity contribution is 0.927. The fraction of sp³-hybridized carbons (Fsp3) is 0.300. The molecule has 0 fully saturated rings. The molecular weight excluding hydrogens is 240 g/mol. The number of rotatable bonds is 3. The lowest BCUT2D eigenvalue weighted by atomic mass is 10.2. The minimum absolute atomic E-state index is 0.282. The summed E-state index contributed by atoms with van der Waals surface area (Å²) in [5.74, 6) is 0.966. The molecule has 4 nitrogen and oxygen atoms in total. The van der Waals surface area contributed by atoms with Crippen LogP contribution in [0.4, 0.5) is 5.95 Å². The van der Waals surface area contributed by atoms with E-state index in [1.807, 2.05) is 11.6 Å². The Balaban J connectivity index is 2.51. The highest BCUT2D eigenvalue weighted by atomic mass is 32.2. The van der Waals surface area contributed by atoms with E-state index in [4.69, 9.17) is 5.73 Å². The van der Waals surface area contributed by atoms with Gasteiger partial charge in [-0.05, 0) is 29.7 Å². The minimum Gasteiger partial charge on any atom is -0.368 e. The van der Waals surface area contributed by atoms with Crippen molar-refractivity contribution in [1.82, 2.24) is 15.0 Å². The largest absolute Gasteiger partial charge is 0.368 e. The number of hydrogen-bond acceptors (Lipinski definition) is 6. The minimum atomic E-state index is 0.282. The van der Waals surface area contributed by atoms with E-state index in [1.165, 1.54) is 17.3 Å². The number of nitrogens with two attached hydrogens (primary N) is 1. The lowest BCUT2D eigenvalue weighted by Gasteiger charge is -2.02. The lowest BCUT2D eigenvalue weighted by Crippen LogP contribution is -2.01. The van der Waals surface area contributed by atoms with E-state index in [1.54, 1.807) is 11.3 Å². The van der Waals surface area contributed by atoms with E-state index >= 15 is 0 Å². The summed E-state index contributed by atoms with van der Waals surface area (Å²) in [4.78, 5) is 13.7. The maximum absolute atomic E-state index is 5.66. The summed E-state index contributed by atoms with van der Waals surface area (Å²) in [5.41, 5.74) is 6.91. The summed E-state index contributed by atoms with van der Waals surface area (Å²) in [5, 5.41) is 2.71. The molecule has 0 unspecified atom stereocenters. The number of thiophene rings is 1. The van der Waals surface area contributed by atoms with Gasteiger partial charge in [-0.15, -0.1) is 11.3 Å². The van der Waals surface area contributed by atoms with Gasteiger partial charge in [0.15, 0.2) is 11.0 Å². The molecule has 2 rings (SSSR count). The molecule has 2 heterocycles. The molecule has 16 heavy (non-hydrogen) atoms. The summed E-state index contributed by atoms with van der Waals surface area (Å²) in [6.07, 6.45) is 2.90. The molecule has 0 aromatic carbocycles. The second-order valence-electron chi connectivity index (χ2n) is 3.13. The van der Waals surface area contributed by atoms with Crippen molar-refractivity contribution in [3.8, 4) is 10.7 Å². The summed E-state index contributed by atoms with van der Waals surface area (Å²) in [7, 11) is 0. The maximum Gasteiger partial charge on any atom is 0.224 e. The summed E-state index contributed by atoms with van der Waals surface area (Å²) in [6.45, 7) is 2.12. The fourth-order valence-electron chi connectivity index (χ4n) is 1.38. The monoisotopic (exact) mass is 252 g/mol. The first-order valence-corrected chi connectivity index (χ1v) is 6.97. The van der Waals surface area contributed by atoms with Gasteiger partial charge in [0.05, 0.1) is 4.88 Å². The van der Waals surface area contributed by atoms with Gasteiger partial charge in [-0.3, -0.25) is 0 Å². The molecule has 6 heteroatoms. The summed E-state index contributed by atoms with van der Waals surface area (Å²) < 4.78 is 0. The molecule has 0 aliphatic rings. The first kappa shape index (κ1) is 11.3. The molecule has 84 valence electrons. The van der Waals surface area contributed by atoms with E-state index in [-0.39, 0.29) is 5.95 Å². The number of thioether (sulfide) groups is 1. The number of aryl methyl sites for hydroxylation is 1. The Morgan fingerprint density at radius 2 is 2.19 bits per heavy atom. The van der Waals surface area contributed by atoms with Crippen molar-refractivity contribution >= 4 is 29.0 Å². The Bertz CT molecular complexity index is 495. The Morgan fingerprint density at radius 3 is 2.88 bits per heavy atom. The molecule has 0 aliphatic heterocycles. The third-order valence-corrected chi connectivity index (χ3v) is 3.65. The third-order valence-electron chi connectivity index (χ3n) is 2.15. The van der Waals surface area contributed by atoms with Gasteiger partial charge in [-0.25, -0.2) is 4.98 Å². The number of nitrogens with zero attached hydrogens (tertiary/aromatic N) is 3. The molecule has 0 saturated carbocycles. The molecule has 0 saturated heterocycles. The van der Waals surface area contributed by atoms with Crippen molar-refractivity contribution in [2.75, 3.05) is 12.0 Å². The van der Waals surface area contributed by atoms with Gasteiger partial charge in [-0.2, -0.15) is 9.97 Å². The molecular formula is C10H12N4S2. The van der Waals surface area contributed by atoms with Crippen molar-refractivity contribution < 1.29 is 0 Å². The van der Waals surface area contributed by atoms with Crippen LogP contribution in [0, 0.1) is 0 Å². The molecule has 0 aliphatic carbocycles. The molecule has 0 radical (unpaired) electrons. The van der Waals surface area contributed by atoms with Crippen LogP contribution in [0.5, 0.6) is 0 Å².